The van der Waals surface area contributed by atoms with Gasteiger partial charge in [0.2, 0.25) is 5.91 Å². The number of benzene rings is 2. The Bertz CT molecular complexity index is 1010. The number of hydrogen-bond acceptors (Lipinski definition) is 4. The zero-order valence-corrected chi connectivity index (χ0v) is 12.9. The first-order valence-corrected chi connectivity index (χ1v) is 7.24. The Kier molecular flexibility index (Phi) is 4.09. The molecule has 0 fully saturated rings. The van der Waals surface area contributed by atoms with Crippen LogP contribution in [0.25, 0.3) is 11.1 Å². The number of amides is 1. The maximum Gasteiger partial charge on any atom is 0.420 e. The van der Waals surface area contributed by atoms with Crippen molar-refractivity contribution in [1.82, 2.24) is 4.57 Å². The number of fused-ring (bicyclic) bond motifs is 1. The van der Waals surface area contributed by atoms with Gasteiger partial charge in [0.25, 0.3) is 0 Å². The molecule has 0 spiro atoms. The summed E-state index contributed by atoms with van der Waals surface area (Å²) in [5.41, 5.74) is 1.03. The van der Waals surface area contributed by atoms with Gasteiger partial charge >= 0.3 is 11.7 Å². The van der Waals surface area contributed by atoms with Crippen molar-refractivity contribution in [2.24, 2.45) is 0 Å². The highest BCUT2D eigenvalue weighted by atomic mass is 35.5. The monoisotopic (exact) mass is 346 g/mol. The summed E-state index contributed by atoms with van der Waals surface area (Å²) in [7, 11) is 0. The zero-order chi connectivity index (χ0) is 17.3. The first kappa shape index (κ1) is 15.8. The molecule has 2 aromatic carbocycles. The van der Waals surface area contributed by atoms with Crippen molar-refractivity contribution >= 4 is 40.3 Å². The van der Waals surface area contributed by atoms with Gasteiger partial charge in [-0.3, -0.25) is 9.36 Å². The number of carboxylic acid groups (broad SMARTS) is 1. The Morgan fingerprint density at radius 2 is 1.96 bits per heavy atom. The summed E-state index contributed by atoms with van der Waals surface area (Å²) in [4.78, 5) is 35.0. The molecule has 122 valence electrons. The average molecular weight is 347 g/mol. The SMILES string of the molecule is O=C(Cn1c(=O)oc2ccccc21)Nc1ccc(Cl)c(C(=O)O)c1. The van der Waals surface area contributed by atoms with E-state index in [1.165, 1.54) is 22.8 Å². The van der Waals surface area contributed by atoms with Crippen LogP contribution in [0.15, 0.2) is 51.7 Å². The fourth-order valence-electron chi connectivity index (χ4n) is 2.27. The van der Waals surface area contributed by atoms with E-state index in [4.69, 9.17) is 21.1 Å². The lowest BCUT2D eigenvalue weighted by molar-refractivity contribution is -0.116. The molecule has 0 aliphatic heterocycles. The number of aromatic carboxylic acids is 1. The van der Waals surface area contributed by atoms with Crippen LogP contribution in [-0.2, 0) is 11.3 Å². The number of halogens is 1. The Morgan fingerprint density at radius 3 is 2.71 bits per heavy atom. The molecule has 0 saturated carbocycles. The fourth-order valence-corrected chi connectivity index (χ4v) is 2.47. The van der Waals surface area contributed by atoms with Crippen LogP contribution in [0.5, 0.6) is 0 Å². The van der Waals surface area contributed by atoms with Gasteiger partial charge in [0.15, 0.2) is 5.58 Å². The lowest BCUT2D eigenvalue weighted by Crippen LogP contribution is -2.24. The summed E-state index contributed by atoms with van der Waals surface area (Å²) in [5.74, 6) is -2.34. The topological polar surface area (TPSA) is 102 Å². The van der Waals surface area contributed by atoms with Crippen molar-refractivity contribution in [1.29, 1.82) is 0 Å². The molecule has 0 bridgehead atoms. The van der Waals surface area contributed by atoms with E-state index in [-0.39, 0.29) is 22.8 Å². The third-order valence-electron chi connectivity index (χ3n) is 3.36. The molecular formula is C16H11ClN2O5. The smallest absolute Gasteiger partial charge is 0.420 e. The Morgan fingerprint density at radius 1 is 1.21 bits per heavy atom. The maximum absolute atomic E-state index is 12.1. The van der Waals surface area contributed by atoms with E-state index in [0.29, 0.717) is 11.1 Å². The number of nitrogens with zero attached hydrogens (tertiary/aromatic N) is 1. The van der Waals surface area contributed by atoms with Crippen molar-refractivity contribution in [2.45, 2.75) is 6.54 Å². The van der Waals surface area contributed by atoms with Crippen LogP contribution in [0.1, 0.15) is 10.4 Å². The number of carbonyl (C=O) groups excluding carboxylic acids is 1. The summed E-state index contributed by atoms with van der Waals surface area (Å²) in [6.45, 7) is -0.263. The molecule has 7 nitrogen and oxygen atoms in total. The molecule has 3 aromatic rings. The molecule has 8 heteroatoms. The number of carboxylic acids is 1. The summed E-state index contributed by atoms with van der Waals surface area (Å²) in [6, 6.07) is 10.8. The molecule has 2 N–H and O–H groups in total. The molecule has 0 saturated heterocycles. The van der Waals surface area contributed by atoms with Crippen LogP contribution in [0.4, 0.5) is 5.69 Å². The number of anilines is 1. The van der Waals surface area contributed by atoms with E-state index in [1.807, 2.05) is 0 Å². The molecule has 1 amide bonds. The van der Waals surface area contributed by atoms with Crippen molar-refractivity contribution in [3.8, 4) is 0 Å². The largest absolute Gasteiger partial charge is 0.478 e. The van der Waals surface area contributed by atoms with Crippen LogP contribution in [0, 0.1) is 0 Å². The molecule has 3 rings (SSSR count). The van der Waals surface area contributed by atoms with Gasteiger partial charge in [-0.15, -0.1) is 0 Å². The van der Waals surface area contributed by atoms with E-state index in [1.54, 1.807) is 24.3 Å². The fraction of sp³-hybridized carbons (Fsp3) is 0.0625. The summed E-state index contributed by atoms with van der Waals surface area (Å²) < 4.78 is 6.24. The van der Waals surface area contributed by atoms with Gasteiger partial charge in [0.1, 0.15) is 6.54 Å². The van der Waals surface area contributed by atoms with E-state index in [9.17, 15) is 14.4 Å². The number of oxazole rings is 1. The molecule has 1 aromatic heterocycles. The number of carbonyl (C=O) groups is 2. The number of hydrogen-bond donors (Lipinski definition) is 2. The Labute approximate surface area is 140 Å². The molecule has 1 heterocycles. The second kappa shape index (κ2) is 6.21. The Balaban J connectivity index is 1.83. The maximum atomic E-state index is 12.1. The number of para-hydroxylation sites is 2. The van der Waals surface area contributed by atoms with Crippen molar-refractivity contribution < 1.29 is 19.1 Å². The van der Waals surface area contributed by atoms with Crippen molar-refractivity contribution in [3.63, 3.8) is 0 Å². The zero-order valence-electron chi connectivity index (χ0n) is 12.2. The summed E-state index contributed by atoms with van der Waals surface area (Å²) >= 11 is 5.78. The number of aromatic nitrogens is 1. The van der Waals surface area contributed by atoms with Gasteiger partial charge in [-0.25, -0.2) is 9.59 Å². The molecule has 0 aliphatic carbocycles. The van der Waals surface area contributed by atoms with Crippen LogP contribution in [-0.4, -0.2) is 21.6 Å². The van der Waals surface area contributed by atoms with Gasteiger partial charge in [-0.05, 0) is 30.3 Å². The lowest BCUT2D eigenvalue weighted by Gasteiger charge is -2.07. The standard InChI is InChI=1S/C16H11ClN2O5/c17-11-6-5-9(7-10(11)15(21)22)18-14(20)8-19-12-3-1-2-4-13(12)24-16(19)23/h1-7H,8H2,(H,18,20)(H,21,22). The predicted molar refractivity (Wildman–Crippen MR) is 87.5 cm³/mol. The van der Waals surface area contributed by atoms with Gasteiger partial charge in [-0.1, -0.05) is 23.7 Å². The molecule has 0 aliphatic rings. The first-order chi connectivity index (χ1) is 11.5. The highest BCUT2D eigenvalue weighted by Crippen LogP contribution is 2.20. The van der Waals surface area contributed by atoms with Gasteiger partial charge in [0, 0.05) is 5.69 Å². The van der Waals surface area contributed by atoms with E-state index in [0.717, 1.165) is 0 Å². The highest BCUT2D eigenvalue weighted by molar-refractivity contribution is 6.33. The van der Waals surface area contributed by atoms with Crippen LogP contribution in [0.3, 0.4) is 0 Å². The van der Waals surface area contributed by atoms with Crippen molar-refractivity contribution in [3.05, 3.63) is 63.6 Å². The van der Waals surface area contributed by atoms with Crippen LogP contribution < -0.4 is 11.1 Å². The lowest BCUT2D eigenvalue weighted by atomic mass is 10.2. The highest BCUT2D eigenvalue weighted by Gasteiger charge is 2.14. The number of nitrogens with one attached hydrogen (secondary N) is 1. The molecule has 0 atom stereocenters. The Hall–Kier alpha value is -3.06. The summed E-state index contributed by atoms with van der Waals surface area (Å²) in [6.07, 6.45) is 0. The molecule has 0 radical (unpaired) electrons. The average Bonchev–Trinajstić information content (AvgIpc) is 2.85. The van der Waals surface area contributed by atoms with Gasteiger partial charge < -0.3 is 14.8 Å². The first-order valence-electron chi connectivity index (χ1n) is 6.87. The van der Waals surface area contributed by atoms with E-state index in [2.05, 4.69) is 5.32 Å². The van der Waals surface area contributed by atoms with Gasteiger partial charge in [0.05, 0.1) is 16.1 Å². The molecule has 24 heavy (non-hydrogen) atoms. The minimum absolute atomic E-state index is 0.0672. The minimum Gasteiger partial charge on any atom is -0.478 e. The quantitative estimate of drug-likeness (QED) is 0.756. The van der Waals surface area contributed by atoms with Crippen molar-refractivity contribution in [2.75, 3.05) is 5.32 Å². The van der Waals surface area contributed by atoms with Crippen LogP contribution >= 0.6 is 11.6 Å². The van der Waals surface area contributed by atoms with Crippen LogP contribution in [0.2, 0.25) is 5.02 Å². The minimum atomic E-state index is -1.20. The second-order valence-corrected chi connectivity index (χ2v) is 5.38. The van der Waals surface area contributed by atoms with Gasteiger partial charge in [-0.2, -0.15) is 0 Å². The summed E-state index contributed by atoms with van der Waals surface area (Å²) in [5, 5.41) is 11.6. The molecular weight excluding hydrogens is 336 g/mol. The van der Waals surface area contributed by atoms with E-state index < -0.39 is 17.6 Å². The molecule has 0 unspecified atom stereocenters. The normalized spacial score (nSPS) is 10.7. The van der Waals surface area contributed by atoms with E-state index >= 15 is 0 Å². The second-order valence-electron chi connectivity index (χ2n) is 4.97. The third-order valence-corrected chi connectivity index (χ3v) is 3.69. The predicted octanol–water partition coefficient (Wildman–Crippen LogP) is 2.58. The number of rotatable bonds is 4. The third kappa shape index (κ3) is 3.02.